The van der Waals surface area contributed by atoms with Gasteiger partial charge in [0.05, 0.1) is 0 Å². The normalized spacial score (nSPS) is 18.9. The first-order valence-corrected chi connectivity index (χ1v) is 7.58. The number of rotatable bonds is 3. The summed E-state index contributed by atoms with van der Waals surface area (Å²) in [5, 5.41) is 0. The number of hydrogen-bond acceptors (Lipinski definition) is 4. The molecular weight excluding hydrogens is 290 g/mol. The minimum absolute atomic E-state index is 0.151. The van der Waals surface area contributed by atoms with Gasteiger partial charge in [-0.15, -0.1) is 0 Å². The molecule has 5 nitrogen and oxygen atoms in total. The highest BCUT2D eigenvalue weighted by Crippen LogP contribution is 2.26. The standard InChI is InChI=1S/C12H16F2N2O3S/c1-12(2-4-19-5-3-12)16-20(17,18)10-7-8(15)6-9(13)11(10)14/h6-7,16H,2-5,15H2,1H3. The van der Waals surface area contributed by atoms with Gasteiger partial charge < -0.3 is 10.5 Å². The molecule has 0 saturated carbocycles. The number of anilines is 1. The molecule has 0 bridgehead atoms. The summed E-state index contributed by atoms with van der Waals surface area (Å²) in [5.74, 6) is -2.72. The zero-order valence-corrected chi connectivity index (χ0v) is 11.8. The molecule has 1 saturated heterocycles. The van der Waals surface area contributed by atoms with Crippen molar-refractivity contribution >= 4 is 15.7 Å². The second-order valence-corrected chi connectivity index (χ2v) is 6.74. The number of nitrogens with two attached hydrogens (primary N) is 1. The van der Waals surface area contributed by atoms with Crippen LogP contribution >= 0.6 is 0 Å². The highest BCUT2D eigenvalue weighted by molar-refractivity contribution is 7.89. The lowest BCUT2D eigenvalue weighted by atomic mass is 9.94. The van der Waals surface area contributed by atoms with E-state index in [9.17, 15) is 17.2 Å². The first-order valence-electron chi connectivity index (χ1n) is 6.10. The fourth-order valence-corrected chi connectivity index (χ4v) is 3.67. The molecule has 1 aromatic carbocycles. The van der Waals surface area contributed by atoms with Crippen molar-refractivity contribution in [3.63, 3.8) is 0 Å². The van der Waals surface area contributed by atoms with Crippen LogP contribution in [0.2, 0.25) is 0 Å². The molecule has 0 spiro atoms. The predicted molar refractivity (Wildman–Crippen MR) is 69.5 cm³/mol. The molecule has 0 atom stereocenters. The number of nitrogen functional groups attached to an aromatic ring is 1. The Hall–Kier alpha value is -1.25. The fourth-order valence-electron chi connectivity index (χ4n) is 2.08. The van der Waals surface area contributed by atoms with Crippen molar-refractivity contribution in [2.45, 2.75) is 30.2 Å². The van der Waals surface area contributed by atoms with E-state index < -0.39 is 32.1 Å². The largest absolute Gasteiger partial charge is 0.399 e. The Morgan fingerprint density at radius 2 is 1.90 bits per heavy atom. The van der Waals surface area contributed by atoms with Crippen LogP contribution in [-0.2, 0) is 14.8 Å². The maximum Gasteiger partial charge on any atom is 0.244 e. The predicted octanol–water partition coefficient (Wildman–Crippen LogP) is 1.39. The third kappa shape index (κ3) is 3.08. The molecule has 20 heavy (non-hydrogen) atoms. The van der Waals surface area contributed by atoms with Gasteiger partial charge >= 0.3 is 0 Å². The van der Waals surface area contributed by atoms with E-state index in [0.717, 1.165) is 12.1 Å². The Labute approximate surface area is 116 Å². The first kappa shape index (κ1) is 15.1. The first-order chi connectivity index (χ1) is 9.23. The average Bonchev–Trinajstić information content (AvgIpc) is 2.33. The summed E-state index contributed by atoms with van der Waals surface area (Å²) in [4.78, 5) is -0.775. The van der Waals surface area contributed by atoms with Gasteiger partial charge in [-0.05, 0) is 31.9 Å². The molecule has 0 radical (unpaired) electrons. The summed E-state index contributed by atoms with van der Waals surface area (Å²) in [6, 6.07) is 1.65. The summed E-state index contributed by atoms with van der Waals surface area (Å²) in [5.41, 5.74) is 4.48. The summed E-state index contributed by atoms with van der Waals surface area (Å²) in [6.07, 6.45) is 0.914. The van der Waals surface area contributed by atoms with Crippen molar-refractivity contribution in [1.29, 1.82) is 0 Å². The van der Waals surface area contributed by atoms with Crippen LogP contribution in [0.25, 0.3) is 0 Å². The van der Waals surface area contributed by atoms with E-state index in [2.05, 4.69) is 4.72 Å². The quantitative estimate of drug-likeness (QED) is 0.827. The molecule has 0 unspecified atom stereocenters. The number of nitrogens with one attached hydrogen (secondary N) is 1. The molecule has 3 N–H and O–H groups in total. The maximum absolute atomic E-state index is 13.7. The molecule has 8 heteroatoms. The average molecular weight is 306 g/mol. The van der Waals surface area contributed by atoms with E-state index in [1.165, 1.54) is 0 Å². The van der Waals surface area contributed by atoms with Crippen LogP contribution in [0.4, 0.5) is 14.5 Å². The van der Waals surface area contributed by atoms with Crippen molar-refractivity contribution in [2.75, 3.05) is 18.9 Å². The highest BCUT2D eigenvalue weighted by atomic mass is 32.2. The monoisotopic (exact) mass is 306 g/mol. The summed E-state index contributed by atoms with van der Waals surface area (Å²) in [7, 11) is -4.19. The zero-order chi connectivity index (χ0) is 15.0. The van der Waals surface area contributed by atoms with E-state index in [1.54, 1.807) is 6.92 Å². The van der Waals surface area contributed by atoms with E-state index >= 15 is 0 Å². The van der Waals surface area contributed by atoms with Gasteiger partial charge in [-0.3, -0.25) is 0 Å². The molecule has 0 aromatic heterocycles. The van der Waals surface area contributed by atoms with E-state index in [-0.39, 0.29) is 5.69 Å². The molecule has 1 heterocycles. The van der Waals surface area contributed by atoms with Crippen LogP contribution in [-0.4, -0.2) is 27.2 Å². The maximum atomic E-state index is 13.7. The Morgan fingerprint density at radius 1 is 1.30 bits per heavy atom. The molecule has 0 aliphatic carbocycles. The Bertz CT molecular complexity index is 613. The summed E-state index contributed by atoms with van der Waals surface area (Å²) in [6.45, 7) is 2.52. The van der Waals surface area contributed by atoms with Crippen molar-refractivity contribution in [2.24, 2.45) is 0 Å². The Morgan fingerprint density at radius 3 is 2.50 bits per heavy atom. The van der Waals surface area contributed by atoms with Crippen molar-refractivity contribution < 1.29 is 21.9 Å². The number of halogens is 2. The lowest BCUT2D eigenvalue weighted by molar-refractivity contribution is 0.0537. The van der Waals surface area contributed by atoms with Gasteiger partial charge in [0.2, 0.25) is 10.0 Å². The lowest BCUT2D eigenvalue weighted by Crippen LogP contribution is -2.49. The minimum atomic E-state index is -4.19. The highest BCUT2D eigenvalue weighted by Gasteiger charge is 2.34. The molecule has 1 fully saturated rings. The molecular formula is C12H16F2N2O3S. The molecule has 1 aliphatic heterocycles. The van der Waals surface area contributed by atoms with Crippen LogP contribution in [0, 0.1) is 11.6 Å². The molecule has 112 valence electrons. The van der Waals surface area contributed by atoms with E-state index in [4.69, 9.17) is 10.5 Å². The van der Waals surface area contributed by atoms with Crippen molar-refractivity contribution in [3.05, 3.63) is 23.8 Å². The molecule has 2 rings (SSSR count). The van der Waals surface area contributed by atoms with Gasteiger partial charge in [0.15, 0.2) is 11.6 Å². The van der Waals surface area contributed by atoms with Gasteiger partial charge in [-0.1, -0.05) is 0 Å². The molecule has 1 aromatic rings. The lowest BCUT2D eigenvalue weighted by Gasteiger charge is -2.34. The number of sulfonamides is 1. The summed E-state index contributed by atoms with van der Waals surface area (Å²) >= 11 is 0. The van der Waals surface area contributed by atoms with E-state index in [1.807, 2.05) is 0 Å². The van der Waals surface area contributed by atoms with Gasteiger partial charge in [0.25, 0.3) is 0 Å². The zero-order valence-electron chi connectivity index (χ0n) is 10.9. The van der Waals surface area contributed by atoms with Crippen LogP contribution in [0.3, 0.4) is 0 Å². The number of benzene rings is 1. The van der Waals surface area contributed by atoms with Crippen LogP contribution in [0.5, 0.6) is 0 Å². The van der Waals surface area contributed by atoms with Gasteiger partial charge in [-0.25, -0.2) is 21.9 Å². The van der Waals surface area contributed by atoms with Gasteiger partial charge in [0.1, 0.15) is 4.90 Å². The number of ether oxygens (including phenoxy) is 1. The van der Waals surface area contributed by atoms with Crippen LogP contribution in [0.15, 0.2) is 17.0 Å². The van der Waals surface area contributed by atoms with Gasteiger partial charge in [0, 0.05) is 24.4 Å². The van der Waals surface area contributed by atoms with Gasteiger partial charge in [-0.2, -0.15) is 0 Å². The fraction of sp³-hybridized carbons (Fsp3) is 0.500. The third-order valence-electron chi connectivity index (χ3n) is 3.28. The second kappa shape index (κ2) is 5.27. The minimum Gasteiger partial charge on any atom is -0.399 e. The molecule has 1 aliphatic rings. The second-order valence-electron chi connectivity index (χ2n) is 5.09. The number of hydrogen-bond donors (Lipinski definition) is 2. The molecule has 0 amide bonds. The van der Waals surface area contributed by atoms with Crippen molar-refractivity contribution in [3.8, 4) is 0 Å². The Kier molecular flexibility index (Phi) is 3.99. The SMILES string of the molecule is CC1(NS(=O)(=O)c2cc(N)cc(F)c2F)CCOCC1. The third-order valence-corrected chi connectivity index (χ3v) is 4.92. The smallest absolute Gasteiger partial charge is 0.244 e. The summed E-state index contributed by atoms with van der Waals surface area (Å²) < 4.78 is 59.0. The van der Waals surface area contributed by atoms with E-state index in [0.29, 0.717) is 26.1 Å². The Balaban J connectivity index is 2.36. The topological polar surface area (TPSA) is 81.4 Å². The van der Waals surface area contributed by atoms with Crippen LogP contribution in [0.1, 0.15) is 19.8 Å². The van der Waals surface area contributed by atoms with Crippen LogP contribution < -0.4 is 10.5 Å². The van der Waals surface area contributed by atoms with Crippen molar-refractivity contribution in [1.82, 2.24) is 4.72 Å².